The topological polar surface area (TPSA) is 60.9 Å². The molecule has 0 heterocycles. The van der Waals surface area contributed by atoms with Gasteiger partial charge in [0.1, 0.15) is 0 Å². The number of hydrogen-bond donors (Lipinski definition) is 1. The van der Waals surface area contributed by atoms with Crippen LogP contribution in [0.5, 0.6) is 0 Å². The molecule has 0 aromatic carbocycles. The zero-order valence-electron chi connectivity index (χ0n) is 12.2. The van der Waals surface area contributed by atoms with Gasteiger partial charge in [-0.3, -0.25) is 4.79 Å². The predicted octanol–water partition coefficient (Wildman–Crippen LogP) is 2.41. The van der Waals surface area contributed by atoms with Crippen molar-refractivity contribution in [1.82, 2.24) is 9.80 Å². The highest BCUT2D eigenvalue weighted by Gasteiger charge is 2.29. The number of carbonyl (C=O) groups excluding carboxylic acids is 1. The fourth-order valence-electron chi connectivity index (χ4n) is 1.76. The van der Waals surface area contributed by atoms with Crippen molar-refractivity contribution in [2.45, 2.75) is 53.0 Å². The van der Waals surface area contributed by atoms with Gasteiger partial charge in [0.05, 0.1) is 6.42 Å². The Morgan fingerprint density at radius 2 is 1.67 bits per heavy atom. The number of carboxylic acid groups (broad SMARTS) is 1. The summed E-state index contributed by atoms with van der Waals surface area (Å²) in [6.45, 7) is 11.3. The van der Waals surface area contributed by atoms with Gasteiger partial charge in [-0.2, -0.15) is 0 Å². The summed E-state index contributed by atoms with van der Waals surface area (Å²) < 4.78 is 0. The fraction of sp³-hybridized carbons (Fsp3) is 0.846. The first kappa shape index (κ1) is 16.7. The summed E-state index contributed by atoms with van der Waals surface area (Å²) in [4.78, 5) is 26.4. The largest absolute Gasteiger partial charge is 0.481 e. The molecule has 0 radical (unpaired) electrons. The molecule has 5 nitrogen and oxygen atoms in total. The van der Waals surface area contributed by atoms with Crippen LogP contribution in [-0.2, 0) is 4.79 Å². The van der Waals surface area contributed by atoms with Gasteiger partial charge >= 0.3 is 12.0 Å². The van der Waals surface area contributed by atoms with Crippen LogP contribution in [0, 0.1) is 0 Å². The highest BCUT2D eigenvalue weighted by atomic mass is 16.4. The predicted molar refractivity (Wildman–Crippen MR) is 71.6 cm³/mol. The molecule has 18 heavy (non-hydrogen) atoms. The summed E-state index contributed by atoms with van der Waals surface area (Å²) in [5, 5.41) is 8.76. The van der Waals surface area contributed by atoms with Crippen LogP contribution >= 0.6 is 0 Å². The Morgan fingerprint density at radius 3 is 2.00 bits per heavy atom. The molecule has 0 aromatic heterocycles. The molecule has 0 aliphatic heterocycles. The van der Waals surface area contributed by atoms with Gasteiger partial charge in [0.25, 0.3) is 0 Å². The van der Waals surface area contributed by atoms with Gasteiger partial charge in [-0.25, -0.2) is 4.79 Å². The monoisotopic (exact) mass is 258 g/mol. The lowest BCUT2D eigenvalue weighted by Gasteiger charge is -2.39. The third-order valence-corrected chi connectivity index (χ3v) is 2.74. The second kappa shape index (κ2) is 7.24. The first-order valence-electron chi connectivity index (χ1n) is 6.52. The van der Waals surface area contributed by atoms with E-state index in [1.54, 1.807) is 9.80 Å². The van der Waals surface area contributed by atoms with Crippen LogP contribution in [0.1, 0.15) is 47.5 Å². The molecule has 1 N–H and O–H groups in total. The molecule has 0 saturated carbocycles. The molecular formula is C13H26N2O3. The van der Waals surface area contributed by atoms with Gasteiger partial charge < -0.3 is 14.9 Å². The third kappa shape index (κ3) is 5.38. The van der Waals surface area contributed by atoms with Crippen molar-refractivity contribution in [3.05, 3.63) is 0 Å². The van der Waals surface area contributed by atoms with Gasteiger partial charge in [0.2, 0.25) is 0 Å². The maximum Gasteiger partial charge on any atom is 0.320 e. The highest BCUT2D eigenvalue weighted by molar-refractivity contribution is 5.76. The lowest BCUT2D eigenvalue weighted by atomic mass is 10.1. The molecule has 0 aromatic rings. The van der Waals surface area contributed by atoms with Crippen LogP contribution in [0.3, 0.4) is 0 Å². The third-order valence-electron chi connectivity index (χ3n) is 2.74. The standard InChI is InChI=1S/C13H26N2O3/c1-6-9-14(7-2)12(18)15(13(3,4)5)10-8-11(16)17/h6-10H2,1-5H3,(H,16,17). The zero-order valence-corrected chi connectivity index (χ0v) is 12.2. The smallest absolute Gasteiger partial charge is 0.320 e. The van der Waals surface area contributed by atoms with E-state index in [-0.39, 0.29) is 24.5 Å². The summed E-state index contributed by atoms with van der Waals surface area (Å²) in [5.41, 5.74) is -0.367. The maximum absolute atomic E-state index is 12.4. The van der Waals surface area contributed by atoms with Crippen LogP contribution in [0.15, 0.2) is 0 Å². The van der Waals surface area contributed by atoms with Crippen molar-refractivity contribution in [3.63, 3.8) is 0 Å². The van der Waals surface area contributed by atoms with Crippen molar-refractivity contribution < 1.29 is 14.7 Å². The maximum atomic E-state index is 12.4. The Morgan fingerprint density at radius 1 is 1.11 bits per heavy atom. The number of amides is 2. The van der Waals surface area contributed by atoms with Gasteiger partial charge in [-0.05, 0) is 34.1 Å². The van der Waals surface area contributed by atoms with Crippen LogP contribution < -0.4 is 0 Å². The van der Waals surface area contributed by atoms with E-state index >= 15 is 0 Å². The van der Waals surface area contributed by atoms with Crippen LogP contribution in [0.2, 0.25) is 0 Å². The Bertz CT molecular complexity index is 284. The Kier molecular flexibility index (Phi) is 6.73. The summed E-state index contributed by atoms with van der Waals surface area (Å²) in [7, 11) is 0. The summed E-state index contributed by atoms with van der Waals surface area (Å²) in [5.74, 6) is -0.879. The van der Waals surface area contributed by atoms with E-state index in [1.807, 2.05) is 34.6 Å². The van der Waals surface area contributed by atoms with Crippen molar-refractivity contribution in [2.24, 2.45) is 0 Å². The van der Waals surface area contributed by atoms with E-state index in [2.05, 4.69) is 0 Å². The molecule has 2 amide bonds. The first-order chi connectivity index (χ1) is 8.23. The van der Waals surface area contributed by atoms with E-state index in [9.17, 15) is 9.59 Å². The number of aliphatic carboxylic acids is 1. The molecule has 0 aliphatic carbocycles. The van der Waals surface area contributed by atoms with Crippen LogP contribution in [-0.4, -0.2) is 52.1 Å². The van der Waals surface area contributed by atoms with Crippen LogP contribution in [0.4, 0.5) is 4.79 Å². The quantitative estimate of drug-likeness (QED) is 0.796. The molecule has 0 atom stereocenters. The Balaban J connectivity index is 4.83. The number of hydrogen-bond acceptors (Lipinski definition) is 2. The molecule has 0 saturated heterocycles. The zero-order chi connectivity index (χ0) is 14.3. The fourth-order valence-corrected chi connectivity index (χ4v) is 1.76. The number of urea groups is 1. The minimum atomic E-state index is -0.879. The minimum Gasteiger partial charge on any atom is -0.481 e. The van der Waals surface area contributed by atoms with Gasteiger partial charge in [-0.1, -0.05) is 6.92 Å². The molecule has 0 bridgehead atoms. The van der Waals surface area contributed by atoms with Gasteiger partial charge in [0.15, 0.2) is 0 Å². The van der Waals surface area contributed by atoms with Crippen molar-refractivity contribution in [1.29, 1.82) is 0 Å². The Labute approximate surface area is 110 Å². The van der Waals surface area contributed by atoms with Crippen molar-refractivity contribution >= 4 is 12.0 Å². The SMILES string of the molecule is CCCN(CC)C(=O)N(CCC(=O)O)C(C)(C)C. The minimum absolute atomic E-state index is 0.0211. The molecular weight excluding hydrogens is 232 g/mol. The second-order valence-electron chi connectivity index (χ2n) is 5.33. The normalized spacial score (nSPS) is 11.2. The number of rotatable bonds is 6. The molecule has 106 valence electrons. The highest BCUT2D eigenvalue weighted by Crippen LogP contribution is 2.16. The van der Waals surface area contributed by atoms with E-state index < -0.39 is 5.97 Å². The number of carbonyl (C=O) groups is 2. The lowest BCUT2D eigenvalue weighted by molar-refractivity contribution is -0.137. The van der Waals surface area contributed by atoms with E-state index in [1.165, 1.54) is 0 Å². The molecule has 0 unspecified atom stereocenters. The average molecular weight is 258 g/mol. The summed E-state index contributed by atoms with van der Waals surface area (Å²) >= 11 is 0. The van der Waals surface area contributed by atoms with Crippen molar-refractivity contribution in [2.75, 3.05) is 19.6 Å². The second-order valence-corrected chi connectivity index (χ2v) is 5.33. The lowest BCUT2D eigenvalue weighted by Crippen LogP contribution is -2.52. The van der Waals surface area contributed by atoms with E-state index in [0.29, 0.717) is 13.1 Å². The summed E-state index contributed by atoms with van der Waals surface area (Å²) in [6.07, 6.45) is 0.878. The average Bonchev–Trinajstić information content (AvgIpc) is 2.23. The molecule has 0 rings (SSSR count). The van der Waals surface area contributed by atoms with Gasteiger partial charge in [-0.15, -0.1) is 0 Å². The number of carboxylic acids is 1. The van der Waals surface area contributed by atoms with Crippen LogP contribution in [0.25, 0.3) is 0 Å². The molecule has 0 aliphatic rings. The molecule has 0 spiro atoms. The Hall–Kier alpha value is -1.26. The molecule has 0 fully saturated rings. The molecule has 5 heteroatoms. The van der Waals surface area contributed by atoms with Crippen molar-refractivity contribution in [3.8, 4) is 0 Å². The first-order valence-corrected chi connectivity index (χ1v) is 6.52. The summed E-state index contributed by atoms with van der Waals surface area (Å²) in [6, 6.07) is -0.0758. The van der Waals surface area contributed by atoms with Gasteiger partial charge in [0, 0.05) is 25.2 Å². The number of nitrogens with zero attached hydrogens (tertiary/aromatic N) is 2. The van der Waals surface area contributed by atoms with E-state index in [4.69, 9.17) is 5.11 Å². The van der Waals surface area contributed by atoms with E-state index in [0.717, 1.165) is 6.42 Å².